The number of carbonyl (C=O) groups excluding carboxylic acids is 3. The molecule has 0 saturated carbocycles. The van der Waals surface area contributed by atoms with Crippen molar-refractivity contribution >= 4 is 23.3 Å². The first-order valence-electron chi connectivity index (χ1n) is 8.74. The zero-order chi connectivity index (χ0) is 20.6. The molecule has 0 saturated heterocycles. The average Bonchev–Trinajstić information content (AvgIpc) is 2.78. The quantitative estimate of drug-likeness (QED) is 0.518. The van der Waals surface area contributed by atoms with E-state index in [2.05, 4.69) is 5.32 Å². The van der Waals surface area contributed by atoms with Gasteiger partial charge in [0.25, 0.3) is 5.91 Å². The second kappa shape index (κ2) is 9.11. The van der Waals surface area contributed by atoms with Gasteiger partial charge in [0.1, 0.15) is 6.07 Å². The molecule has 142 valence electrons. The number of para-hydroxylation sites is 1. The molecule has 0 bridgehead atoms. The smallest absolute Gasteiger partial charge is 0.338 e. The van der Waals surface area contributed by atoms with Gasteiger partial charge in [-0.2, -0.15) is 5.26 Å². The first-order valence-corrected chi connectivity index (χ1v) is 8.74. The van der Waals surface area contributed by atoms with Crippen molar-refractivity contribution in [3.63, 3.8) is 0 Å². The van der Waals surface area contributed by atoms with Crippen molar-refractivity contribution in [2.24, 2.45) is 0 Å². The minimum atomic E-state index is -0.688. The SMILES string of the molecule is N#Cc1ccccc1NC(=O)COC(=O)c1ccc(C(=O)c2ccccc2)cc1. The van der Waals surface area contributed by atoms with Crippen LogP contribution >= 0.6 is 0 Å². The fraction of sp³-hybridized carbons (Fsp3) is 0.0435. The highest BCUT2D eigenvalue weighted by atomic mass is 16.5. The van der Waals surface area contributed by atoms with Crippen LogP contribution in [0.25, 0.3) is 0 Å². The Labute approximate surface area is 167 Å². The highest BCUT2D eigenvalue weighted by Gasteiger charge is 2.13. The molecule has 3 aromatic carbocycles. The number of anilines is 1. The molecule has 0 aromatic heterocycles. The summed E-state index contributed by atoms with van der Waals surface area (Å²) in [6.07, 6.45) is 0. The molecule has 3 aromatic rings. The van der Waals surface area contributed by atoms with Crippen LogP contribution in [0.2, 0.25) is 0 Å². The van der Waals surface area contributed by atoms with E-state index in [1.54, 1.807) is 48.5 Å². The van der Waals surface area contributed by atoms with Gasteiger partial charge in [-0.25, -0.2) is 4.79 Å². The Bertz CT molecular complexity index is 1080. The summed E-state index contributed by atoms with van der Waals surface area (Å²) in [5.74, 6) is -1.40. The molecule has 1 amide bonds. The monoisotopic (exact) mass is 384 g/mol. The standard InChI is InChI=1S/C23H16N2O4/c24-14-19-8-4-5-9-20(19)25-21(26)15-29-23(28)18-12-10-17(11-13-18)22(27)16-6-2-1-3-7-16/h1-13H,15H2,(H,25,26). The van der Waals surface area contributed by atoms with E-state index < -0.39 is 18.5 Å². The maximum atomic E-state index is 12.4. The third kappa shape index (κ3) is 4.93. The van der Waals surface area contributed by atoms with E-state index in [0.717, 1.165) is 0 Å². The molecular formula is C23H16N2O4. The van der Waals surface area contributed by atoms with Crippen LogP contribution in [-0.4, -0.2) is 24.3 Å². The number of nitrogens with zero attached hydrogens (tertiary/aromatic N) is 1. The lowest BCUT2D eigenvalue weighted by Gasteiger charge is -2.08. The number of hydrogen-bond acceptors (Lipinski definition) is 5. The number of hydrogen-bond donors (Lipinski definition) is 1. The van der Waals surface area contributed by atoms with Crippen LogP contribution in [0, 0.1) is 11.3 Å². The zero-order valence-corrected chi connectivity index (χ0v) is 15.3. The van der Waals surface area contributed by atoms with Crippen molar-refractivity contribution in [3.05, 3.63) is 101 Å². The van der Waals surface area contributed by atoms with Gasteiger partial charge in [0.05, 0.1) is 16.8 Å². The van der Waals surface area contributed by atoms with Gasteiger partial charge in [-0.15, -0.1) is 0 Å². The Morgan fingerprint density at radius 2 is 1.38 bits per heavy atom. The van der Waals surface area contributed by atoms with E-state index in [9.17, 15) is 14.4 Å². The van der Waals surface area contributed by atoms with E-state index >= 15 is 0 Å². The van der Waals surface area contributed by atoms with Gasteiger partial charge in [0.15, 0.2) is 12.4 Å². The van der Waals surface area contributed by atoms with Crippen LogP contribution < -0.4 is 5.32 Å². The number of carbonyl (C=O) groups is 3. The van der Waals surface area contributed by atoms with Gasteiger partial charge >= 0.3 is 5.97 Å². The van der Waals surface area contributed by atoms with Gasteiger partial charge in [0, 0.05) is 11.1 Å². The molecule has 0 spiro atoms. The number of benzene rings is 3. The molecule has 0 fully saturated rings. The summed E-state index contributed by atoms with van der Waals surface area (Å²) in [4.78, 5) is 36.5. The van der Waals surface area contributed by atoms with E-state index in [4.69, 9.17) is 10.00 Å². The lowest BCUT2D eigenvalue weighted by atomic mass is 10.0. The molecule has 29 heavy (non-hydrogen) atoms. The molecular weight excluding hydrogens is 368 g/mol. The molecule has 0 aliphatic carbocycles. The number of nitriles is 1. The lowest BCUT2D eigenvalue weighted by Crippen LogP contribution is -2.21. The van der Waals surface area contributed by atoms with E-state index in [-0.39, 0.29) is 11.3 Å². The molecule has 0 aliphatic rings. The summed E-state index contributed by atoms with van der Waals surface area (Å²) in [7, 11) is 0. The van der Waals surface area contributed by atoms with Crippen molar-refractivity contribution in [3.8, 4) is 6.07 Å². The maximum Gasteiger partial charge on any atom is 0.338 e. The van der Waals surface area contributed by atoms with Crippen LogP contribution in [0.1, 0.15) is 31.8 Å². The van der Waals surface area contributed by atoms with Crippen molar-refractivity contribution in [2.75, 3.05) is 11.9 Å². The van der Waals surface area contributed by atoms with Crippen LogP contribution in [0.5, 0.6) is 0 Å². The fourth-order valence-corrected chi connectivity index (χ4v) is 2.60. The zero-order valence-electron chi connectivity index (χ0n) is 15.3. The number of nitrogens with one attached hydrogen (secondary N) is 1. The Morgan fingerprint density at radius 3 is 2.07 bits per heavy atom. The molecule has 0 atom stereocenters. The molecule has 1 N–H and O–H groups in total. The minimum absolute atomic E-state index is 0.152. The van der Waals surface area contributed by atoms with Gasteiger partial charge in [-0.05, 0) is 24.3 Å². The van der Waals surface area contributed by atoms with E-state index in [0.29, 0.717) is 22.4 Å². The Hall–Kier alpha value is -4.24. The molecule has 0 unspecified atom stereocenters. The molecule has 6 nitrogen and oxygen atoms in total. The average molecular weight is 384 g/mol. The van der Waals surface area contributed by atoms with Crippen molar-refractivity contribution in [1.82, 2.24) is 0 Å². The normalized spacial score (nSPS) is 9.90. The first-order chi connectivity index (χ1) is 14.1. The molecule has 6 heteroatoms. The van der Waals surface area contributed by atoms with Crippen LogP contribution in [-0.2, 0) is 9.53 Å². The van der Waals surface area contributed by atoms with Crippen molar-refractivity contribution in [1.29, 1.82) is 5.26 Å². The predicted octanol–water partition coefficient (Wildman–Crippen LogP) is 3.58. The maximum absolute atomic E-state index is 12.4. The Morgan fingerprint density at radius 1 is 0.793 bits per heavy atom. The van der Waals surface area contributed by atoms with Crippen molar-refractivity contribution < 1.29 is 19.1 Å². The van der Waals surface area contributed by atoms with Gasteiger partial charge in [0.2, 0.25) is 0 Å². The molecule has 0 aliphatic heterocycles. The highest BCUT2D eigenvalue weighted by molar-refractivity contribution is 6.09. The number of esters is 1. The molecule has 0 heterocycles. The summed E-state index contributed by atoms with van der Waals surface area (Å²) >= 11 is 0. The molecule has 0 radical (unpaired) electrons. The van der Waals surface area contributed by atoms with Gasteiger partial charge in [-0.3, -0.25) is 9.59 Å². The largest absolute Gasteiger partial charge is 0.452 e. The van der Waals surface area contributed by atoms with E-state index in [1.165, 1.54) is 24.3 Å². The summed E-state index contributed by atoms with van der Waals surface area (Å²) in [6, 6.07) is 23.3. The summed E-state index contributed by atoms with van der Waals surface area (Å²) < 4.78 is 5.00. The second-order valence-corrected chi connectivity index (χ2v) is 6.05. The molecule has 3 rings (SSSR count). The number of ether oxygens (including phenoxy) is 1. The number of rotatable bonds is 6. The lowest BCUT2D eigenvalue weighted by molar-refractivity contribution is -0.119. The topological polar surface area (TPSA) is 96.3 Å². The predicted molar refractivity (Wildman–Crippen MR) is 106 cm³/mol. The third-order valence-corrected chi connectivity index (χ3v) is 4.07. The van der Waals surface area contributed by atoms with Gasteiger partial charge < -0.3 is 10.1 Å². The Kier molecular flexibility index (Phi) is 6.13. The fourth-order valence-electron chi connectivity index (χ4n) is 2.60. The summed E-state index contributed by atoms with van der Waals surface area (Å²) in [5, 5.41) is 11.5. The van der Waals surface area contributed by atoms with Crippen molar-refractivity contribution in [2.45, 2.75) is 0 Å². The summed E-state index contributed by atoms with van der Waals surface area (Å²) in [6.45, 7) is -0.497. The first kappa shape index (κ1) is 19.5. The minimum Gasteiger partial charge on any atom is -0.452 e. The third-order valence-electron chi connectivity index (χ3n) is 4.07. The van der Waals surface area contributed by atoms with Crippen LogP contribution in [0.15, 0.2) is 78.9 Å². The summed E-state index contributed by atoms with van der Waals surface area (Å²) in [5.41, 5.74) is 1.88. The van der Waals surface area contributed by atoms with E-state index in [1.807, 2.05) is 12.1 Å². The second-order valence-electron chi connectivity index (χ2n) is 6.05. The van der Waals surface area contributed by atoms with Crippen LogP contribution in [0.4, 0.5) is 5.69 Å². The van der Waals surface area contributed by atoms with Gasteiger partial charge in [-0.1, -0.05) is 54.6 Å². The highest BCUT2D eigenvalue weighted by Crippen LogP contribution is 2.14. The Balaban J connectivity index is 1.58. The number of ketones is 1. The van der Waals surface area contributed by atoms with Crippen LogP contribution in [0.3, 0.4) is 0 Å². The number of amides is 1.